The van der Waals surface area contributed by atoms with Crippen molar-refractivity contribution in [3.05, 3.63) is 34.9 Å². The molecule has 3 aromatic rings. The molecule has 1 aliphatic rings. The second-order valence-corrected chi connectivity index (χ2v) is 6.72. The largest absolute Gasteiger partial charge is 0.496 e. The summed E-state index contributed by atoms with van der Waals surface area (Å²) in [7, 11) is 3.62. The molecule has 0 bridgehead atoms. The number of pyridine rings is 1. The molecule has 0 spiro atoms. The summed E-state index contributed by atoms with van der Waals surface area (Å²) in [4.78, 5) is 6.81. The lowest BCUT2D eigenvalue weighted by Crippen LogP contribution is -2.29. The predicted octanol–water partition coefficient (Wildman–Crippen LogP) is 2.93. The van der Waals surface area contributed by atoms with Gasteiger partial charge < -0.3 is 20.1 Å². The molecular weight excluding hydrogens is 342 g/mol. The van der Waals surface area contributed by atoms with Gasteiger partial charge in [0.05, 0.1) is 19.3 Å². The number of hydrogen-bond acceptors (Lipinski definition) is 6. The number of nitriles is 1. The van der Waals surface area contributed by atoms with E-state index in [0.717, 1.165) is 34.8 Å². The standard InChI is InChI=1S/C20H21N5O2/c1-11-5-6-16(26-4)12(2)17(11)25-18(22)14(10-21)13-9-15-20(23-19(13)25)27-8-7-24(15)3/h5-6,9H,7-8,22H2,1-4H3. The van der Waals surface area contributed by atoms with Crippen LogP contribution >= 0.6 is 0 Å². The summed E-state index contributed by atoms with van der Waals surface area (Å²) in [6, 6.07) is 8.08. The van der Waals surface area contributed by atoms with Crippen LogP contribution in [0.1, 0.15) is 16.7 Å². The molecule has 4 rings (SSSR count). The second-order valence-electron chi connectivity index (χ2n) is 6.72. The minimum absolute atomic E-state index is 0.365. The van der Waals surface area contributed by atoms with Crippen LogP contribution in [0.25, 0.3) is 16.7 Å². The molecule has 0 fully saturated rings. The number of rotatable bonds is 2. The van der Waals surface area contributed by atoms with Crippen molar-refractivity contribution in [1.29, 1.82) is 5.26 Å². The molecule has 27 heavy (non-hydrogen) atoms. The van der Waals surface area contributed by atoms with Crippen LogP contribution in [0.15, 0.2) is 18.2 Å². The van der Waals surface area contributed by atoms with Gasteiger partial charge in [0.2, 0.25) is 5.88 Å². The lowest BCUT2D eigenvalue weighted by Gasteiger charge is -2.26. The zero-order valence-electron chi connectivity index (χ0n) is 15.8. The average Bonchev–Trinajstić information content (AvgIpc) is 2.92. The molecule has 0 atom stereocenters. The number of nitrogen functional groups attached to an aromatic ring is 1. The molecule has 1 aromatic carbocycles. The van der Waals surface area contributed by atoms with Gasteiger partial charge in [-0.1, -0.05) is 6.07 Å². The van der Waals surface area contributed by atoms with E-state index >= 15 is 0 Å². The van der Waals surface area contributed by atoms with E-state index in [-0.39, 0.29) is 0 Å². The number of nitrogens with zero attached hydrogens (tertiary/aromatic N) is 4. The van der Waals surface area contributed by atoms with E-state index in [1.807, 2.05) is 43.7 Å². The minimum Gasteiger partial charge on any atom is -0.496 e. The first-order valence-electron chi connectivity index (χ1n) is 8.71. The van der Waals surface area contributed by atoms with E-state index in [1.54, 1.807) is 7.11 Å². The lowest BCUT2D eigenvalue weighted by molar-refractivity contribution is 0.300. The summed E-state index contributed by atoms with van der Waals surface area (Å²) in [5.41, 5.74) is 11.1. The van der Waals surface area contributed by atoms with Gasteiger partial charge in [-0.15, -0.1) is 0 Å². The molecule has 138 valence electrons. The van der Waals surface area contributed by atoms with Crippen LogP contribution in [0.3, 0.4) is 0 Å². The maximum Gasteiger partial charge on any atom is 0.239 e. The van der Waals surface area contributed by atoms with Crippen LogP contribution < -0.4 is 20.1 Å². The fourth-order valence-corrected chi connectivity index (χ4v) is 3.70. The number of likely N-dealkylation sites (N-methyl/N-ethyl adjacent to an activating group) is 1. The van der Waals surface area contributed by atoms with Crippen molar-refractivity contribution in [3.63, 3.8) is 0 Å². The summed E-state index contributed by atoms with van der Waals surface area (Å²) in [6.07, 6.45) is 0. The normalized spacial score (nSPS) is 13.2. The molecule has 7 nitrogen and oxygen atoms in total. The van der Waals surface area contributed by atoms with Crippen molar-refractivity contribution in [2.24, 2.45) is 0 Å². The summed E-state index contributed by atoms with van der Waals surface area (Å²) >= 11 is 0. The first-order chi connectivity index (χ1) is 13.0. The van der Waals surface area contributed by atoms with E-state index in [2.05, 4.69) is 11.0 Å². The summed E-state index contributed by atoms with van der Waals surface area (Å²) in [5, 5.41) is 10.5. The van der Waals surface area contributed by atoms with Crippen molar-refractivity contribution in [2.45, 2.75) is 13.8 Å². The molecule has 0 radical (unpaired) electrons. The molecule has 0 aliphatic carbocycles. The third-order valence-corrected chi connectivity index (χ3v) is 5.14. The third kappa shape index (κ3) is 2.37. The summed E-state index contributed by atoms with van der Waals surface area (Å²) in [5.74, 6) is 1.67. The van der Waals surface area contributed by atoms with E-state index < -0.39 is 0 Å². The van der Waals surface area contributed by atoms with Crippen molar-refractivity contribution in [2.75, 3.05) is 37.9 Å². The number of nitrogens with two attached hydrogens (primary N) is 1. The second kappa shape index (κ2) is 6.09. The molecule has 1 aliphatic heterocycles. The van der Waals surface area contributed by atoms with Gasteiger partial charge in [-0.05, 0) is 31.5 Å². The maximum atomic E-state index is 9.75. The number of aryl methyl sites for hydroxylation is 1. The van der Waals surface area contributed by atoms with Crippen LogP contribution in [0.4, 0.5) is 11.5 Å². The Bertz CT molecular complexity index is 1110. The van der Waals surface area contributed by atoms with Gasteiger partial charge in [0, 0.05) is 18.0 Å². The van der Waals surface area contributed by atoms with Crippen molar-refractivity contribution in [1.82, 2.24) is 9.55 Å². The van der Waals surface area contributed by atoms with E-state index in [4.69, 9.17) is 20.2 Å². The van der Waals surface area contributed by atoms with E-state index in [1.165, 1.54) is 0 Å². The molecular formula is C20H21N5O2. The van der Waals surface area contributed by atoms with Crippen molar-refractivity contribution < 1.29 is 9.47 Å². The third-order valence-electron chi connectivity index (χ3n) is 5.14. The molecule has 0 saturated carbocycles. The number of aromatic nitrogens is 2. The quantitative estimate of drug-likeness (QED) is 0.753. The van der Waals surface area contributed by atoms with Crippen molar-refractivity contribution in [3.8, 4) is 23.4 Å². The summed E-state index contributed by atoms with van der Waals surface area (Å²) in [6.45, 7) is 5.32. The number of anilines is 2. The Hall–Kier alpha value is -3.40. The molecule has 2 aromatic heterocycles. The average molecular weight is 363 g/mol. The minimum atomic E-state index is 0.365. The Labute approximate surface area is 157 Å². The van der Waals surface area contributed by atoms with Gasteiger partial charge >= 0.3 is 0 Å². The fourth-order valence-electron chi connectivity index (χ4n) is 3.70. The topological polar surface area (TPSA) is 89.3 Å². The van der Waals surface area contributed by atoms with Crippen molar-refractivity contribution >= 4 is 22.5 Å². The molecule has 0 saturated heterocycles. The van der Waals surface area contributed by atoms with Crippen LogP contribution in [-0.4, -0.2) is 36.9 Å². The smallest absolute Gasteiger partial charge is 0.239 e. The molecule has 3 heterocycles. The number of benzene rings is 1. The van der Waals surface area contributed by atoms with Gasteiger partial charge in [0.1, 0.15) is 35.5 Å². The Morgan fingerprint density at radius 3 is 2.81 bits per heavy atom. The zero-order valence-corrected chi connectivity index (χ0v) is 15.8. The lowest BCUT2D eigenvalue weighted by atomic mass is 10.1. The van der Waals surface area contributed by atoms with Gasteiger partial charge in [0.15, 0.2) is 5.65 Å². The zero-order chi connectivity index (χ0) is 19.3. The molecule has 0 unspecified atom stereocenters. The van der Waals surface area contributed by atoms with Gasteiger partial charge in [-0.2, -0.15) is 10.2 Å². The first-order valence-corrected chi connectivity index (χ1v) is 8.71. The molecule has 0 amide bonds. The van der Waals surface area contributed by atoms with Gasteiger partial charge in [0.25, 0.3) is 0 Å². The Kier molecular flexibility index (Phi) is 3.84. The fraction of sp³-hybridized carbons (Fsp3) is 0.300. The number of methoxy groups -OCH3 is 1. The highest BCUT2D eigenvalue weighted by Crippen LogP contribution is 2.40. The highest BCUT2D eigenvalue weighted by Gasteiger charge is 2.25. The monoisotopic (exact) mass is 363 g/mol. The van der Waals surface area contributed by atoms with Crippen LogP contribution in [0.2, 0.25) is 0 Å². The Morgan fingerprint density at radius 2 is 2.11 bits per heavy atom. The van der Waals surface area contributed by atoms with Crippen LogP contribution in [0.5, 0.6) is 11.6 Å². The number of ether oxygens (including phenoxy) is 2. The van der Waals surface area contributed by atoms with Crippen LogP contribution in [0, 0.1) is 25.2 Å². The van der Waals surface area contributed by atoms with Crippen LogP contribution in [-0.2, 0) is 0 Å². The van der Waals surface area contributed by atoms with E-state index in [9.17, 15) is 5.26 Å². The Balaban J connectivity index is 2.12. The van der Waals surface area contributed by atoms with Gasteiger partial charge in [-0.3, -0.25) is 4.57 Å². The SMILES string of the molecule is COc1ccc(C)c(-n2c(N)c(C#N)c3cc4c(nc32)OCCN4C)c1C. The highest BCUT2D eigenvalue weighted by atomic mass is 16.5. The van der Waals surface area contributed by atoms with E-state index in [0.29, 0.717) is 34.9 Å². The van der Waals surface area contributed by atoms with Gasteiger partial charge in [-0.25, -0.2) is 0 Å². The maximum absolute atomic E-state index is 9.75. The molecule has 7 heteroatoms. The summed E-state index contributed by atoms with van der Waals surface area (Å²) < 4.78 is 13.1. The Morgan fingerprint density at radius 1 is 1.33 bits per heavy atom. The number of hydrogen-bond donors (Lipinski definition) is 1. The first kappa shape index (κ1) is 17.0. The number of fused-ring (bicyclic) bond motifs is 2. The predicted molar refractivity (Wildman–Crippen MR) is 105 cm³/mol. The molecule has 2 N–H and O–H groups in total. The highest BCUT2D eigenvalue weighted by molar-refractivity contribution is 5.95.